The van der Waals surface area contributed by atoms with E-state index in [4.69, 9.17) is 10.5 Å². The second-order valence-corrected chi connectivity index (χ2v) is 6.02. The van der Waals surface area contributed by atoms with Crippen LogP contribution in [0.3, 0.4) is 0 Å². The number of anilines is 1. The van der Waals surface area contributed by atoms with Crippen LogP contribution in [-0.4, -0.2) is 47.8 Å². The van der Waals surface area contributed by atoms with Gasteiger partial charge >= 0.3 is 0 Å². The van der Waals surface area contributed by atoms with Gasteiger partial charge in [0.2, 0.25) is 0 Å². The van der Waals surface area contributed by atoms with Gasteiger partial charge in [-0.1, -0.05) is 0 Å². The molecule has 1 saturated heterocycles. The van der Waals surface area contributed by atoms with Gasteiger partial charge in [-0.05, 0) is 54.8 Å². The fourth-order valence-electron chi connectivity index (χ4n) is 3.00. The number of nitrogens with zero attached hydrogens (tertiary/aromatic N) is 4. The van der Waals surface area contributed by atoms with Gasteiger partial charge < -0.3 is 15.7 Å². The van der Waals surface area contributed by atoms with Gasteiger partial charge in [0.15, 0.2) is 0 Å². The SMILES string of the molecule is Cc1cc2nc(N)n[n+]([O-])c2cc1CCCCN1CCOCC1. The average Bonchev–Trinajstić information content (AvgIpc) is 2.53. The van der Waals surface area contributed by atoms with Gasteiger partial charge in [-0.2, -0.15) is 0 Å². The van der Waals surface area contributed by atoms with Crippen molar-refractivity contribution in [1.82, 2.24) is 15.0 Å². The van der Waals surface area contributed by atoms with E-state index in [2.05, 4.69) is 15.0 Å². The molecule has 1 aliphatic rings. The molecule has 23 heavy (non-hydrogen) atoms. The first-order valence-corrected chi connectivity index (χ1v) is 8.10. The molecule has 0 bridgehead atoms. The van der Waals surface area contributed by atoms with Crippen molar-refractivity contribution in [2.75, 3.05) is 38.6 Å². The number of aromatic nitrogens is 3. The first-order valence-electron chi connectivity index (χ1n) is 8.10. The molecule has 0 amide bonds. The van der Waals surface area contributed by atoms with Gasteiger partial charge in [0, 0.05) is 19.2 Å². The Labute approximate surface area is 135 Å². The quantitative estimate of drug-likeness (QED) is 0.498. The molecule has 0 radical (unpaired) electrons. The Morgan fingerprint density at radius 1 is 1.30 bits per heavy atom. The lowest BCUT2D eigenvalue weighted by molar-refractivity contribution is -0.641. The zero-order chi connectivity index (χ0) is 16.2. The van der Waals surface area contributed by atoms with Gasteiger partial charge in [0.1, 0.15) is 5.52 Å². The van der Waals surface area contributed by atoms with E-state index >= 15 is 0 Å². The minimum Gasteiger partial charge on any atom is -0.594 e. The summed E-state index contributed by atoms with van der Waals surface area (Å²) in [6.07, 6.45) is 3.20. The minimum atomic E-state index is 0.00478. The molecule has 0 aliphatic carbocycles. The summed E-state index contributed by atoms with van der Waals surface area (Å²) in [5.41, 5.74) is 8.92. The Morgan fingerprint density at radius 2 is 2.09 bits per heavy atom. The number of nitrogen functional groups attached to an aromatic ring is 1. The van der Waals surface area contributed by atoms with Crippen LogP contribution in [-0.2, 0) is 11.2 Å². The van der Waals surface area contributed by atoms with Crippen LogP contribution in [0.5, 0.6) is 0 Å². The summed E-state index contributed by atoms with van der Waals surface area (Å²) in [4.78, 5) is 7.13. The van der Waals surface area contributed by atoms with Crippen LogP contribution < -0.4 is 10.6 Å². The summed E-state index contributed by atoms with van der Waals surface area (Å²) in [7, 11) is 0. The number of fused-ring (bicyclic) bond motifs is 1. The third-order valence-electron chi connectivity index (χ3n) is 4.34. The summed E-state index contributed by atoms with van der Waals surface area (Å²) < 4.78 is 5.36. The van der Waals surface area contributed by atoms with E-state index in [1.165, 1.54) is 5.56 Å². The molecule has 1 aliphatic heterocycles. The van der Waals surface area contributed by atoms with Crippen molar-refractivity contribution in [3.63, 3.8) is 0 Å². The second-order valence-electron chi connectivity index (χ2n) is 6.02. The van der Waals surface area contributed by atoms with Gasteiger partial charge in [-0.25, -0.2) is 4.98 Å². The van der Waals surface area contributed by atoms with E-state index in [-0.39, 0.29) is 5.95 Å². The molecule has 1 aromatic carbocycles. The normalized spacial score (nSPS) is 16.0. The first kappa shape index (κ1) is 15.9. The number of ether oxygens (including phenoxy) is 1. The maximum absolute atomic E-state index is 11.9. The highest BCUT2D eigenvalue weighted by atomic mass is 16.5. The molecule has 2 heterocycles. The second kappa shape index (κ2) is 7.06. The van der Waals surface area contributed by atoms with Crippen LogP contribution in [0.4, 0.5) is 5.95 Å². The monoisotopic (exact) mass is 317 g/mol. The van der Waals surface area contributed by atoms with Gasteiger partial charge in [0.25, 0.3) is 11.5 Å². The lowest BCUT2D eigenvalue weighted by Crippen LogP contribution is -2.36. The van der Waals surface area contributed by atoms with Crippen molar-refractivity contribution < 1.29 is 9.58 Å². The van der Waals surface area contributed by atoms with E-state index in [9.17, 15) is 5.21 Å². The number of morpholine rings is 1. The molecular formula is C16H23N5O2. The lowest BCUT2D eigenvalue weighted by atomic mass is 10.0. The topological polar surface area (TPSA) is 91.2 Å². The van der Waals surface area contributed by atoms with Crippen molar-refractivity contribution >= 4 is 17.0 Å². The lowest BCUT2D eigenvalue weighted by Gasteiger charge is -2.26. The Morgan fingerprint density at radius 3 is 2.87 bits per heavy atom. The van der Waals surface area contributed by atoms with Crippen molar-refractivity contribution in [2.24, 2.45) is 0 Å². The molecule has 2 aromatic rings. The number of hydrogen-bond donors (Lipinski definition) is 1. The summed E-state index contributed by atoms with van der Waals surface area (Å²) in [5.74, 6) is 0.00478. The zero-order valence-corrected chi connectivity index (χ0v) is 13.5. The molecule has 0 spiro atoms. The van der Waals surface area contributed by atoms with E-state index in [1.807, 2.05) is 19.1 Å². The maximum Gasteiger partial charge on any atom is 0.288 e. The predicted molar refractivity (Wildman–Crippen MR) is 87.8 cm³/mol. The molecule has 7 heteroatoms. The summed E-state index contributed by atoms with van der Waals surface area (Å²) in [6, 6.07) is 3.81. The molecule has 0 unspecified atom stereocenters. The van der Waals surface area contributed by atoms with Crippen molar-refractivity contribution in [3.8, 4) is 0 Å². The molecule has 3 rings (SSSR count). The van der Waals surface area contributed by atoms with E-state index < -0.39 is 0 Å². The maximum atomic E-state index is 11.9. The average molecular weight is 317 g/mol. The molecule has 0 atom stereocenters. The van der Waals surface area contributed by atoms with Crippen LogP contribution in [0, 0.1) is 12.1 Å². The Bertz CT molecular complexity index is 686. The number of unbranched alkanes of at least 4 members (excludes halogenated alkanes) is 1. The number of nitrogens with two attached hydrogens (primary N) is 1. The highest BCUT2D eigenvalue weighted by Gasteiger charge is 2.13. The standard InChI is InChI=1S/C16H23N5O2/c1-12-10-14-15(21(22)19-16(17)18-14)11-13(12)4-2-3-5-20-6-8-23-9-7-20/h10-11H,2-9H2,1H3,(H2,17,18,19). The number of hydrogen-bond acceptors (Lipinski definition) is 6. The van der Waals surface area contributed by atoms with Crippen LogP contribution >= 0.6 is 0 Å². The van der Waals surface area contributed by atoms with E-state index in [1.54, 1.807) is 0 Å². The molecule has 0 saturated carbocycles. The fourth-order valence-corrected chi connectivity index (χ4v) is 3.00. The van der Waals surface area contributed by atoms with Crippen molar-refractivity contribution in [2.45, 2.75) is 26.2 Å². The highest BCUT2D eigenvalue weighted by Crippen LogP contribution is 2.18. The van der Waals surface area contributed by atoms with Crippen LogP contribution in [0.1, 0.15) is 24.0 Å². The third-order valence-corrected chi connectivity index (χ3v) is 4.34. The molecule has 1 fully saturated rings. The van der Waals surface area contributed by atoms with Gasteiger partial charge in [0.05, 0.1) is 18.3 Å². The number of aryl methyl sites for hydroxylation is 2. The Hall–Kier alpha value is -1.99. The van der Waals surface area contributed by atoms with Gasteiger partial charge in [-0.15, -0.1) is 0 Å². The largest absolute Gasteiger partial charge is 0.594 e. The van der Waals surface area contributed by atoms with Crippen LogP contribution in [0.25, 0.3) is 11.0 Å². The van der Waals surface area contributed by atoms with Gasteiger partial charge in [-0.3, -0.25) is 4.90 Å². The van der Waals surface area contributed by atoms with Crippen LogP contribution in [0.15, 0.2) is 12.1 Å². The predicted octanol–water partition coefficient (Wildman–Crippen LogP) is 0.809. The third kappa shape index (κ3) is 3.86. The highest BCUT2D eigenvalue weighted by molar-refractivity contribution is 5.73. The summed E-state index contributed by atoms with van der Waals surface area (Å²) in [5, 5.41) is 15.5. The van der Waals surface area contributed by atoms with Crippen LogP contribution in [0.2, 0.25) is 0 Å². The molecular weight excluding hydrogens is 294 g/mol. The van der Waals surface area contributed by atoms with E-state index in [0.29, 0.717) is 15.9 Å². The Kier molecular flexibility index (Phi) is 4.88. The molecule has 1 aromatic heterocycles. The van der Waals surface area contributed by atoms with E-state index in [0.717, 1.165) is 57.7 Å². The fraction of sp³-hybridized carbons (Fsp3) is 0.562. The zero-order valence-electron chi connectivity index (χ0n) is 13.5. The molecule has 2 N–H and O–H groups in total. The smallest absolute Gasteiger partial charge is 0.288 e. The van der Waals surface area contributed by atoms with Crippen molar-refractivity contribution in [3.05, 3.63) is 28.5 Å². The number of benzene rings is 1. The molecule has 124 valence electrons. The molecule has 7 nitrogen and oxygen atoms in total. The minimum absolute atomic E-state index is 0.00478. The Balaban J connectivity index is 1.62. The van der Waals surface area contributed by atoms with Crippen molar-refractivity contribution in [1.29, 1.82) is 0 Å². The first-order chi connectivity index (χ1) is 11.1. The summed E-state index contributed by atoms with van der Waals surface area (Å²) >= 11 is 0. The summed E-state index contributed by atoms with van der Waals surface area (Å²) in [6.45, 7) is 6.90. The number of rotatable bonds is 5.